The molecule has 2 N–H and O–H groups in total. The molecule has 1 amide bonds. The number of thiazole rings is 1. The van der Waals surface area contributed by atoms with E-state index in [1.807, 2.05) is 31.2 Å². The predicted octanol–water partition coefficient (Wildman–Crippen LogP) is 3.74. The number of amides is 1. The maximum atomic E-state index is 12.4. The van der Waals surface area contributed by atoms with Gasteiger partial charge in [-0.3, -0.25) is 9.52 Å². The van der Waals surface area contributed by atoms with E-state index in [9.17, 15) is 13.2 Å². The molecule has 0 fully saturated rings. The molecule has 0 aliphatic carbocycles. The summed E-state index contributed by atoms with van der Waals surface area (Å²) in [4.78, 5) is 16.8. The smallest absolute Gasteiger partial charge is 0.275 e. The van der Waals surface area contributed by atoms with Crippen molar-refractivity contribution in [3.63, 3.8) is 0 Å². The Balaban J connectivity index is 1.77. The molecule has 0 spiro atoms. The number of hydrogen-bond donors (Lipinski definition) is 2. The van der Waals surface area contributed by atoms with E-state index in [0.717, 1.165) is 22.4 Å². The molecule has 6 nitrogen and oxygen atoms in total. The Labute approximate surface area is 156 Å². The van der Waals surface area contributed by atoms with Crippen LogP contribution in [-0.4, -0.2) is 25.6 Å². The first kappa shape index (κ1) is 18.1. The average molecular weight is 387 g/mol. The molecule has 8 heteroatoms. The van der Waals surface area contributed by atoms with Crippen LogP contribution in [0.15, 0.2) is 53.9 Å². The summed E-state index contributed by atoms with van der Waals surface area (Å²) < 4.78 is 25.0. The van der Waals surface area contributed by atoms with E-state index in [4.69, 9.17) is 0 Å². The van der Waals surface area contributed by atoms with Crippen molar-refractivity contribution in [1.82, 2.24) is 4.98 Å². The lowest BCUT2D eigenvalue weighted by Gasteiger charge is -2.07. The molecule has 0 saturated heterocycles. The van der Waals surface area contributed by atoms with E-state index in [2.05, 4.69) is 15.0 Å². The van der Waals surface area contributed by atoms with Gasteiger partial charge in [-0.1, -0.05) is 30.3 Å². The van der Waals surface area contributed by atoms with Crippen LogP contribution in [-0.2, 0) is 10.0 Å². The fraction of sp³-hybridized carbons (Fsp3) is 0.111. The average Bonchev–Trinajstić information content (AvgIpc) is 3.04. The minimum absolute atomic E-state index is 0.315. The first-order valence-electron chi connectivity index (χ1n) is 7.72. The summed E-state index contributed by atoms with van der Waals surface area (Å²) in [5, 5.41) is 5.22. The van der Waals surface area contributed by atoms with Gasteiger partial charge in [0, 0.05) is 16.6 Å². The zero-order valence-corrected chi connectivity index (χ0v) is 15.8. The number of sulfonamides is 1. The lowest BCUT2D eigenvalue weighted by molar-refractivity contribution is 0.102. The number of nitrogens with one attached hydrogen (secondary N) is 2. The van der Waals surface area contributed by atoms with Gasteiger partial charge >= 0.3 is 0 Å². The standard InChI is InChI=1S/C18H17N3O3S2/c1-12-6-3-4-9-15(12)18-20-16(11-25-18)17(22)19-13-7-5-8-14(10-13)21-26(2,23)24/h3-11,21H,1-2H3,(H,19,22). The van der Waals surface area contributed by atoms with E-state index in [0.29, 0.717) is 17.1 Å². The number of carbonyl (C=O) groups excluding carboxylic acids is 1. The Hall–Kier alpha value is -2.71. The summed E-state index contributed by atoms with van der Waals surface area (Å²) >= 11 is 1.40. The number of anilines is 2. The molecule has 0 aliphatic rings. The molecule has 0 saturated carbocycles. The molecule has 134 valence electrons. The van der Waals surface area contributed by atoms with Crippen LogP contribution in [0.5, 0.6) is 0 Å². The fourth-order valence-electron chi connectivity index (χ4n) is 2.38. The van der Waals surface area contributed by atoms with Crippen molar-refractivity contribution in [1.29, 1.82) is 0 Å². The zero-order valence-electron chi connectivity index (χ0n) is 14.2. The Morgan fingerprint density at radius 2 is 1.81 bits per heavy atom. The van der Waals surface area contributed by atoms with Gasteiger partial charge in [-0.15, -0.1) is 11.3 Å². The summed E-state index contributed by atoms with van der Waals surface area (Å²) in [7, 11) is -3.38. The van der Waals surface area contributed by atoms with Crippen LogP contribution < -0.4 is 10.0 Å². The van der Waals surface area contributed by atoms with Crippen LogP contribution in [0.2, 0.25) is 0 Å². The molecular formula is C18H17N3O3S2. The van der Waals surface area contributed by atoms with Crippen LogP contribution in [0, 0.1) is 6.92 Å². The third-order valence-corrected chi connectivity index (χ3v) is 5.02. The quantitative estimate of drug-likeness (QED) is 0.698. The molecule has 0 aliphatic heterocycles. The molecule has 0 atom stereocenters. The van der Waals surface area contributed by atoms with E-state index in [1.54, 1.807) is 29.6 Å². The molecule has 26 heavy (non-hydrogen) atoms. The van der Waals surface area contributed by atoms with Gasteiger partial charge in [0.05, 0.1) is 11.9 Å². The minimum atomic E-state index is -3.38. The Morgan fingerprint density at radius 1 is 1.08 bits per heavy atom. The lowest BCUT2D eigenvalue weighted by atomic mass is 10.1. The van der Waals surface area contributed by atoms with Gasteiger partial charge < -0.3 is 5.32 Å². The molecule has 3 rings (SSSR count). The van der Waals surface area contributed by atoms with Crippen molar-refractivity contribution in [2.24, 2.45) is 0 Å². The number of benzene rings is 2. The van der Waals surface area contributed by atoms with Crippen molar-refractivity contribution in [3.05, 3.63) is 65.2 Å². The number of aryl methyl sites for hydroxylation is 1. The second kappa shape index (κ2) is 7.27. The third-order valence-electron chi connectivity index (χ3n) is 3.54. The Morgan fingerprint density at radius 3 is 2.54 bits per heavy atom. The maximum absolute atomic E-state index is 12.4. The minimum Gasteiger partial charge on any atom is -0.321 e. The topological polar surface area (TPSA) is 88.2 Å². The summed E-state index contributed by atoms with van der Waals surface area (Å²) in [5.74, 6) is -0.349. The van der Waals surface area contributed by atoms with Gasteiger partial charge in [0.15, 0.2) is 0 Å². The molecule has 2 aromatic carbocycles. The lowest BCUT2D eigenvalue weighted by Crippen LogP contribution is -2.13. The van der Waals surface area contributed by atoms with Gasteiger partial charge in [0.2, 0.25) is 10.0 Å². The summed E-state index contributed by atoms with van der Waals surface area (Å²) in [6.45, 7) is 2.00. The first-order chi connectivity index (χ1) is 12.3. The van der Waals surface area contributed by atoms with Gasteiger partial charge in [-0.25, -0.2) is 13.4 Å². The number of hydrogen-bond acceptors (Lipinski definition) is 5. The van der Waals surface area contributed by atoms with Crippen molar-refractivity contribution < 1.29 is 13.2 Å². The highest BCUT2D eigenvalue weighted by atomic mass is 32.2. The zero-order chi connectivity index (χ0) is 18.7. The van der Waals surface area contributed by atoms with Crippen molar-refractivity contribution in [3.8, 4) is 10.6 Å². The van der Waals surface area contributed by atoms with Crippen LogP contribution in [0.1, 0.15) is 16.1 Å². The molecule has 0 radical (unpaired) electrons. The van der Waals surface area contributed by atoms with Gasteiger partial charge in [0.25, 0.3) is 5.91 Å². The highest BCUT2D eigenvalue weighted by Gasteiger charge is 2.13. The Kier molecular flexibility index (Phi) is 5.06. The van der Waals surface area contributed by atoms with Crippen LogP contribution in [0.3, 0.4) is 0 Å². The number of carbonyl (C=O) groups is 1. The SMILES string of the molecule is Cc1ccccc1-c1nc(C(=O)Nc2cccc(NS(C)(=O)=O)c2)cs1. The number of nitrogens with zero attached hydrogens (tertiary/aromatic N) is 1. The van der Waals surface area contributed by atoms with E-state index >= 15 is 0 Å². The highest BCUT2D eigenvalue weighted by molar-refractivity contribution is 7.92. The summed E-state index contributed by atoms with van der Waals surface area (Å²) in [6.07, 6.45) is 1.07. The Bertz CT molecular complexity index is 1060. The van der Waals surface area contributed by atoms with E-state index in [-0.39, 0.29) is 5.91 Å². The van der Waals surface area contributed by atoms with Crippen LogP contribution in [0.4, 0.5) is 11.4 Å². The first-order valence-corrected chi connectivity index (χ1v) is 10.5. The van der Waals surface area contributed by atoms with E-state index < -0.39 is 10.0 Å². The molecule has 1 heterocycles. The monoisotopic (exact) mass is 387 g/mol. The molecule has 1 aromatic heterocycles. The normalized spacial score (nSPS) is 11.2. The van der Waals surface area contributed by atoms with Crippen molar-refractivity contribution >= 4 is 38.6 Å². The van der Waals surface area contributed by atoms with E-state index in [1.165, 1.54) is 11.3 Å². The van der Waals surface area contributed by atoms with Gasteiger partial charge in [-0.05, 0) is 30.7 Å². The fourth-order valence-corrected chi connectivity index (χ4v) is 3.83. The number of rotatable bonds is 5. The van der Waals surface area contributed by atoms with Crippen molar-refractivity contribution in [2.75, 3.05) is 16.3 Å². The molecular weight excluding hydrogens is 370 g/mol. The predicted molar refractivity (Wildman–Crippen MR) is 105 cm³/mol. The van der Waals surface area contributed by atoms with Gasteiger partial charge in [0.1, 0.15) is 10.7 Å². The van der Waals surface area contributed by atoms with Gasteiger partial charge in [-0.2, -0.15) is 0 Å². The van der Waals surface area contributed by atoms with Crippen molar-refractivity contribution in [2.45, 2.75) is 6.92 Å². The molecule has 0 unspecified atom stereocenters. The third kappa shape index (κ3) is 4.47. The highest BCUT2D eigenvalue weighted by Crippen LogP contribution is 2.27. The number of aromatic nitrogens is 1. The summed E-state index contributed by atoms with van der Waals surface area (Å²) in [6, 6.07) is 14.3. The van der Waals surface area contributed by atoms with Crippen LogP contribution in [0.25, 0.3) is 10.6 Å². The summed E-state index contributed by atoms with van der Waals surface area (Å²) in [5.41, 5.74) is 3.26. The molecule has 0 bridgehead atoms. The second-order valence-electron chi connectivity index (χ2n) is 5.76. The maximum Gasteiger partial charge on any atom is 0.275 e. The largest absolute Gasteiger partial charge is 0.321 e. The molecule has 3 aromatic rings. The van der Waals surface area contributed by atoms with Crippen LogP contribution >= 0.6 is 11.3 Å². The second-order valence-corrected chi connectivity index (χ2v) is 8.37.